The number of imide groups is 1. The number of rotatable bonds is 2. The quantitative estimate of drug-likeness (QED) is 0.660. The number of benzene rings is 1. The monoisotopic (exact) mass is 336 g/mol. The summed E-state index contributed by atoms with van der Waals surface area (Å²) in [7, 11) is 1.71. The van der Waals surface area contributed by atoms with E-state index in [-0.39, 0.29) is 16.8 Å². The topological polar surface area (TPSA) is 94.4 Å². The summed E-state index contributed by atoms with van der Waals surface area (Å²) in [5, 5.41) is 5.50. The van der Waals surface area contributed by atoms with Crippen LogP contribution in [0.3, 0.4) is 0 Å². The number of fused-ring (bicyclic) bond motifs is 2. The molecule has 0 atom stereocenters. The van der Waals surface area contributed by atoms with E-state index < -0.39 is 17.8 Å². The van der Waals surface area contributed by atoms with Crippen molar-refractivity contribution in [2.75, 3.05) is 0 Å². The summed E-state index contributed by atoms with van der Waals surface area (Å²) in [4.78, 5) is 46.0. The van der Waals surface area contributed by atoms with Gasteiger partial charge in [-0.05, 0) is 31.2 Å². The van der Waals surface area contributed by atoms with Gasteiger partial charge in [-0.2, -0.15) is 5.10 Å². The molecule has 8 heteroatoms. The SMILES string of the molecule is Cc1nn(C)c2nc(C(=O)ON3C(=O)c4ccccc4C3=O)ccc12. The van der Waals surface area contributed by atoms with Gasteiger partial charge in [0.15, 0.2) is 11.3 Å². The Hall–Kier alpha value is -3.55. The number of amides is 2. The maximum atomic E-state index is 12.3. The van der Waals surface area contributed by atoms with Crippen LogP contribution in [0.15, 0.2) is 36.4 Å². The molecule has 0 aliphatic carbocycles. The fraction of sp³-hybridized carbons (Fsp3) is 0.118. The van der Waals surface area contributed by atoms with Gasteiger partial charge in [-0.3, -0.25) is 14.3 Å². The third-order valence-electron chi connectivity index (χ3n) is 4.01. The van der Waals surface area contributed by atoms with E-state index in [1.807, 2.05) is 6.92 Å². The molecule has 0 saturated carbocycles. The van der Waals surface area contributed by atoms with Gasteiger partial charge in [-0.15, -0.1) is 0 Å². The van der Waals surface area contributed by atoms with Gasteiger partial charge in [0.25, 0.3) is 11.8 Å². The summed E-state index contributed by atoms with van der Waals surface area (Å²) in [6.45, 7) is 1.83. The number of aromatic nitrogens is 3. The van der Waals surface area contributed by atoms with E-state index in [0.29, 0.717) is 10.7 Å². The number of hydroxylamine groups is 2. The van der Waals surface area contributed by atoms with Crippen LogP contribution >= 0.6 is 0 Å². The van der Waals surface area contributed by atoms with E-state index in [9.17, 15) is 14.4 Å². The molecular weight excluding hydrogens is 324 g/mol. The molecule has 0 N–H and O–H groups in total. The Labute approximate surface area is 141 Å². The van der Waals surface area contributed by atoms with Crippen LogP contribution in [-0.2, 0) is 11.9 Å². The average Bonchev–Trinajstić information content (AvgIpc) is 3.04. The van der Waals surface area contributed by atoms with Gasteiger partial charge < -0.3 is 4.84 Å². The van der Waals surface area contributed by atoms with Gasteiger partial charge in [0, 0.05) is 12.4 Å². The Morgan fingerprint density at radius 1 is 1.04 bits per heavy atom. The predicted octanol–water partition coefficient (Wildman–Crippen LogP) is 1.64. The first-order chi connectivity index (χ1) is 12.0. The smallest absolute Gasteiger partial charge is 0.323 e. The van der Waals surface area contributed by atoms with Gasteiger partial charge in [-0.25, -0.2) is 9.78 Å². The van der Waals surface area contributed by atoms with E-state index in [2.05, 4.69) is 10.1 Å². The van der Waals surface area contributed by atoms with Crippen molar-refractivity contribution in [3.63, 3.8) is 0 Å². The lowest BCUT2D eigenvalue weighted by Crippen LogP contribution is -2.33. The summed E-state index contributed by atoms with van der Waals surface area (Å²) in [6, 6.07) is 9.45. The molecule has 2 aromatic heterocycles. The Kier molecular flexibility index (Phi) is 3.14. The third kappa shape index (κ3) is 2.18. The predicted molar refractivity (Wildman–Crippen MR) is 85.6 cm³/mol. The number of carbonyl (C=O) groups excluding carboxylic acids is 3. The maximum absolute atomic E-state index is 12.3. The molecule has 1 aliphatic rings. The lowest BCUT2D eigenvalue weighted by atomic mass is 10.1. The van der Waals surface area contributed by atoms with Crippen molar-refractivity contribution < 1.29 is 19.2 Å². The lowest BCUT2D eigenvalue weighted by Gasteiger charge is -2.12. The molecule has 0 spiro atoms. The number of nitrogens with zero attached hydrogens (tertiary/aromatic N) is 4. The standard InChI is InChI=1S/C17H12N4O4/c1-9-10-7-8-13(18-14(10)20(2)19-9)17(24)25-21-15(22)11-5-3-4-6-12(11)16(21)23/h3-8H,1-2H3. The maximum Gasteiger partial charge on any atom is 0.382 e. The van der Waals surface area contributed by atoms with E-state index in [0.717, 1.165) is 11.1 Å². The molecule has 8 nitrogen and oxygen atoms in total. The minimum absolute atomic E-state index is 0.0212. The highest BCUT2D eigenvalue weighted by molar-refractivity contribution is 6.21. The van der Waals surface area contributed by atoms with Crippen molar-refractivity contribution in [3.8, 4) is 0 Å². The second kappa shape index (κ2) is 5.23. The first kappa shape index (κ1) is 15.0. The molecule has 0 fully saturated rings. The van der Waals surface area contributed by atoms with Crippen LogP contribution < -0.4 is 0 Å². The van der Waals surface area contributed by atoms with Crippen LogP contribution in [0.25, 0.3) is 11.0 Å². The molecule has 25 heavy (non-hydrogen) atoms. The van der Waals surface area contributed by atoms with Crippen LogP contribution in [0.5, 0.6) is 0 Å². The second-order valence-corrected chi connectivity index (χ2v) is 5.61. The molecule has 0 saturated heterocycles. The van der Waals surface area contributed by atoms with Gasteiger partial charge in [-0.1, -0.05) is 17.2 Å². The summed E-state index contributed by atoms with van der Waals surface area (Å²) in [5.74, 6) is -2.24. The van der Waals surface area contributed by atoms with E-state index in [1.165, 1.54) is 18.2 Å². The summed E-state index contributed by atoms with van der Waals surface area (Å²) >= 11 is 0. The number of hydrogen-bond acceptors (Lipinski definition) is 6. The zero-order chi connectivity index (χ0) is 17.7. The number of carbonyl (C=O) groups is 3. The normalized spacial score (nSPS) is 13.4. The number of pyridine rings is 1. The van der Waals surface area contributed by atoms with Crippen molar-refractivity contribution in [1.82, 2.24) is 19.8 Å². The van der Waals surface area contributed by atoms with Crippen molar-refractivity contribution in [3.05, 3.63) is 58.9 Å². The van der Waals surface area contributed by atoms with Gasteiger partial charge in [0.05, 0.1) is 16.8 Å². The van der Waals surface area contributed by atoms with Crippen molar-refractivity contribution >= 4 is 28.8 Å². The minimum Gasteiger partial charge on any atom is -0.323 e. The number of hydrogen-bond donors (Lipinski definition) is 0. The summed E-state index contributed by atoms with van der Waals surface area (Å²) in [6.07, 6.45) is 0. The first-order valence-electron chi connectivity index (χ1n) is 7.48. The molecule has 4 rings (SSSR count). The molecular formula is C17H12N4O4. The largest absolute Gasteiger partial charge is 0.382 e. The van der Waals surface area contributed by atoms with Crippen LogP contribution in [-0.4, -0.2) is 37.6 Å². The van der Waals surface area contributed by atoms with Crippen LogP contribution in [0.2, 0.25) is 0 Å². The molecule has 1 aliphatic heterocycles. The summed E-state index contributed by atoms with van der Waals surface area (Å²) in [5.41, 5.74) is 1.67. The molecule has 1 aromatic carbocycles. The molecule has 3 heterocycles. The average molecular weight is 336 g/mol. The molecule has 124 valence electrons. The van der Waals surface area contributed by atoms with E-state index >= 15 is 0 Å². The van der Waals surface area contributed by atoms with Crippen LogP contribution in [0, 0.1) is 6.92 Å². The van der Waals surface area contributed by atoms with Gasteiger partial charge in [0.1, 0.15) is 0 Å². The molecule has 0 unspecified atom stereocenters. The molecule has 0 bridgehead atoms. The molecule has 3 aromatic rings. The summed E-state index contributed by atoms with van der Waals surface area (Å²) < 4.78 is 1.55. The fourth-order valence-electron chi connectivity index (χ4n) is 2.80. The first-order valence-corrected chi connectivity index (χ1v) is 7.48. The third-order valence-corrected chi connectivity index (χ3v) is 4.01. The van der Waals surface area contributed by atoms with Crippen molar-refractivity contribution in [1.29, 1.82) is 0 Å². The van der Waals surface area contributed by atoms with Crippen LogP contribution in [0.1, 0.15) is 36.9 Å². The Morgan fingerprint density at radius 2 is 1.68 bits per heavy atom. The van der Waals surface area contributed by atoms with Crippen LogP contribution in [0.4, 0.5) is 0 Å². The Bertz CT molecular complexity index is 1030. The van der Waals surface area contributed by atoms with E-state index in [1.54, 1.807) is 29.9 Å². The van der Waals surface area contributed by atoms with Gasteiger partial charge in [0.2, 0.25) is 0 Å². The highest BCUT2D eigenvalue weighted by atomic mass is 16.7. The fourth-order valence-corrected chi connectivity index (χ4v) is 2.80. The van der Waals surface area contributed by atoms with E-state index in [4.69, 9.17) is 4.84 Å². The minimum atomic E-state index is -0.893. The zero-order valence-corrected chi connectivity index (χ0v) is 13.4. The highest BCUT2D eigenvalue weighted by Crippen LogP contribution is 2.23. The number of aryl methyl sites for hydroxylation is 2. The molecule has 2 amide bonds. The lowest BCUT2D eigenvalue weighted by molar-refractivity contribution is -0.0588. The zero-order valence-electron chi connectivity index (χ0n) is 13.4. The molecule has 0 radical (unpaired) electrons. The van der Waals surface area contributed by atoms with Crippen molar-refractivity contribution in [2.45, 2.75) is 6.92 Å². The Balaban J connectivity index is 1.64. The van der Waals surface area contributed by atoms with Crippen molar-refractivity contribution in [2.24, 2.45) is 7.05 Å². The Morgan fingerprint density at radius 3 is 2.32 bits per heavy atom. The van der Waals surface area contributed by atoms with Gasteiger partial charge >= 0.3 is 5.97 Å². The highest BCUT2D eigenvalue weighted by Gasteiger charge is 2.39. The second-order valence-electron chi connectivity index (χ2n) is 5.61.